The summed E-state index contributed by atoms with van der Waals surface area (Å²) in [4.78, 5) is 2.60. The van der Waals surface area contributed by atoms with Gasteiger partial charge in [-0.3, -0.25) is 4.90 Å². The van der Waals surface area contributed by atoms with Gasteiger partial charge >= 0.3 is 0 Å². The fraction of sp³-hybridized carbons (Fsp3) is 0.667. The Morgan fingerprint density at radius 3 is 2.76 bits per heavy atom. The number of rotatable bonds is 2. The molecule has 1 saturated carbocycles. The molecule has 3 heteroatoms. The van der Waals surface area contributed by atoms with Gasteiger partial charge in [0.15, 0.2) is 0 Å². The van der Waals surface area contributed by atoms with Gasteiger partial charge in [-0.05, 0) is 55.7 Å². The van der Waals surface area contributed by atoms with Crippen LogP contribution in [0.2, 0.25) is 0 Å². The molecule has 0 radical (unpaired) electrons. The van der Waals surface area contributed by atoms with Crippen LogP contribution in [0.4, 0.5) is 0 Å². The number of benzene rings is 1. The first-order valence-electron chi connectivity index (χ1n) is 8.12. The molecule has 1 aromatic carbocycles. The van der Waals surface area contributed by atoms with Crippen molar-refractivity contribution < 1.29 is 5.11 Å². The largest absolute Gasteiger partial charge is 0.396 e. The Morgan fingerprint density at radius 2 is 2.05 bits per heavy atom. The van der Waals surface area contributed by atoms with E-state index in [-0.39, 0.29) is 12.4 Å². The number of hydrogen-bond acceptors (Lipinski definition) is 2. The van der Waals surface area contributed by atoms with Crippen molar-refractivity contribution in [2.24, 2.45) is 11.8 Å². The van der Waals surface area contributed by atoms with E-state index in [4.69, 9.17) is 0 Å². The molecule has 5 rings (SSSR count). The van der Waals surface area contributed by atoms with Crippen LogP contribution in [0.3, 0.4) is 0 Å². The summed E-state index contributed by atoms with van der Waals surface area (Å²) in [6, 6.07) is 10.4. The first-order valence-corrected chi connectivity index (χ1v) is 8.12. The lowest BCUT2D eigenvalue weighted by Gasteiger charge is -2.65. The van der Waals surface area contributed by atoms with Crippen LogP contribution in [-0.2, 0) is 11.8 Å². The normalized spacial score (nSPS) is 40.5. The van der Waals surface area contributed by atoms with Crippen molar-refractivity contribution in [2.45, 2.75) is 50.1 Å². The summed E-state index contributed by atoms with van der Waals surface area (Å²) in [5.41, 5.74) is 3.57. The lowest BCUT2D eigenvalue weighted by molar-refractivity contribution is -0.106. The first kappa shape index (κ1) is 15.3. The molecule has 2 saturated heterocycles. The quantitative estimate of drug-likeness (QED) is 0.908. The van der Waals surface area contributed by atoms with Crippen LogP contribution in [-0.4, -0.2) is 35.7 Å². The van der Waals surface area contributed by atoms with E-state index in [1.54, 1.807) is 11.1 Å². The molecule has 2 aliphatic carbocycles. The molecule has 1 aromatic rings. The van der Waals surface area contributed by atoms with Crippen LogP contribution < -0.4 is 0 Å². The SMILES string of the molecule is CC[C@]12CC3C(CO)CC1C(Cc1ccccc12)N3C.Cl. The summed E-state index contributed by atoms with van der Waals surface area (Å²) < 4.78 is 0. The van der Waals surface area contributed by atoms with Crippen LogP contribution in [0.1, 0.15) is 37.3 Å². The van der Waals surface area contributed by atoms with Gasteiger partial charge in [0, 0.05) is 24.1 Å². The van der Waals surface area contributed by atoms with E-state index in [2.05, 4.69) is 43.1 Å². The summed E-state index contributed by atoms with van der Waals surface area (Å²) in [6.45, 7) is 2.73. The minimum absolute atomic E-state index is 0. The maximum absolute atomic E-state index is 9.72. The third kappa shape index (κ3) is 1.85. The van der Waals surface area contributed by atoms with Crippen LogP contribution in [0.25, 0.3) is 0 Å². The van der Waals surface area contributed by atoms with Crippen LogP contribution >= 0.6 is 12.4 Å². The van der Waals surface area contributed by atoms with E-state index in [1.165, 1.54) is 25.7 Å². The summed E-state index contributed by atoms with van der Waals surface area (Å²) in [7, 11) is 2.29. The fourth-order valence-electron chi connectivity index (χ4n) is 5.73. The summed E-state index contributed by atoms with van der Waals surface area (Å²) >= 11 is 0. The van der Waals surface area contributed by atoms with Gasteiger partial charge in [-0.15, -0.1) is 12.4 Å². The minimum Gasteiger partial charge on any atom is -0.396 e. The Bertz CT molecular complexity index is 534. The van der Waals surface area contributed by atoms with Crippen molar-refractivity contribution in [3.63, 3.8) is 0 Å². The molecule has 2 nitrogen and oxygen atoms in total. The molecule has 5 atom stereocenters. The van der Waals surface area contributed by atoms with Crippen LogP contribution in [0.15, 0.2) is 24.3 Å². The van der Waals surface area contributed by atoms with Gasteiger partial charge in [-0.1, -0.05) is 31.2 Å². The smallest absolute Gasteiger partial charge is 0.0474 e. The molecule has 0 amide bonds. The molecule has 1 N–H and O–H groups in total. The summed E-state index contributed by atoms with van der Waals surface area (Å²) in [5.74, 6) is 1.22. The van der Waals surface area contributed by atoms with Gasteiger partial charge in [0.05, 0.1) is 0 Å². The maximum atomic E-state index is 9.72. The number of likely N-dealkylation sites (N-methyl/N-ethyl adjacent to an activating group) is 1. The van der Waals surface area contributed by atoms with Crippen molar-refractivity contribution in [2.75, 3.05) is 13.7 Å². The third-order valence-corrected chi connectivity index (χ3v) is 6.74. The molecular formula is C18H26ClNO. The monoisotopic (exact) mass is 307 g/mol. The Labute approximate surface area is 134 Å². The average molecular weight is 308 g/mol. The topological polar surface area (TPSA) is 23.5 Å². The molecule has 2 heterocycles. The second kappa shape index (κ2) is 5.26. The molecule has 4 unspecified atom stereocenters. The van der Waals surface area contributed by atoms with Gasteiger partial charge in [-0.2, -0.15) is 0 Å². The Morgan fingerprint density at radius 1 is 1.29 bits per heavy atom. The van der Waals surface area contributed by atoms with E-state index in [1.807, 2.05) is 0 Å². The number of nitrogens with zero attached hydrogens (tertiary/aromatic N) is 1. The molecular weight excluding hydrogens is 282 g/mol. The first-order chi connectivity index (χ1) is 9.71. The zero-order valence-corrected chi connectivity index (χ0v) is 13.8. The van der Waals surface area contributed by atoms with Gasteiger partial charge in [0.1, 0.15) is 0 Å². The number of halogens is 1. The van der Waals surface area contributed by atoms with Crippen molar-refractivity contribution in [1.29, 1.82) is 0 Å². The zero-order chi connectivity index (χ0) is 13.9. The predicted octanol–water partition coefficient (Wildman–Crippen LogP) is 3.01. The highest BCUT2D eigenvalue weighted by Crippen LogP contribution is 2.59. The number of fused-ring (bicyclic) bond motifs is 2. The highest BCUT2D eigenvalue weighted by Gasteiger charge is 2.59. The molecule has 4 aliphatic rings. The molecule has 4 bridgehead atoms. The average Bonchev–Trinajstić information content (AvgIpc) is 2.50. The lowest BCUT2D eigenvalue weighted by Crippen LogP contribution is -2.68. The molecule has 0 spiro atoms. The van der Waals surface area contributed by atoms with Crippen molar-refractivity contribution >= 4 is 12.4 Å². The van der Waals surface area contributed by atoms with E-state index < -0.39 is 0 Å². The van der Waals surface area contributed by atoms with E-state index in [0.29, 0.717) is 30.0 Å². The van der Waals surface area contributed by atoms with Crippen LogP contribution in [0.5, 0.6) is 0 Å². The number of piperidine rings is 2. The molecule has 2 aliphatic heterocycles. The molecule has 116 valence electrons. The van der Waals surface area contributed by atoms with Gasteiger partial charge in [-0.25, -0.2) is 0 Å². The Kier molecular flexibility index (Phi) is 3.84. The lowest BCUT2D eigenvalue weighted by atomic mass is 9.48. The summed E-state index contributed by atoms with van der Waals surface area (Å²) in [6.07, 6.45) is 4.91. The van der Waals surface area contributed by atoms with E-state index in [0.717, 1.165) is 5.92 Å². The Balaban J connectivity index is 0.00000132. The highest BCUT2D eigenvalue weighted by atomic mass is 35.5. The van der Waals surface area contributed by atoms with Crippen LogP contribution in [0, 0.1) is 11.8 Å². The second-order valence-corrected chi connectivity index (χ2v) is 7.16. The van der Waals surface area contributed by atoms with Gasteiger partial charge < -0.3 is 5.11 Å². The summed E-state index contributed by atoms with van der Waals surface area (Å²) in [5, 5.41) is 9.72. The number of aliphatic hydroxyl groups is 1. The molecule has 21 heavy (non-hydrogen) atoms. The van der Waals surface area contributed by atoms with Crippen molar-refractivity contribution in [3.8, 4) is 0 Å². The fourth-order valence-corrected chi connectivity index (χ4v) is 5.73. The van der Waals surface area contributed by atoms with Crippen molar-refractivity contribution in [1.82, 2.24) is 4.90 Å². The van der Waals surface area contributed by atoms with Gasteiger partial charge in [0.25, 0.3) is 0 Å². The zero-order valence-electron chi connectivity index (χ0n) is 13.0. The molecule has 0 aromatic heterocycles. The maximum Gasteiger partial charge on any atom is 0.0474 e. The standard InChI is InChI=1S/C18H25NO.ClH/c1-3-18-10-17-13(11-20)8-15(18)16(19(17)2)9-12-6-4-5-7-14(12)18;/h4-7,13,15-17,20H,3,8-11H2,1-2H3;1H/t13?,15?,16?,17?,18-;/m1./s1. The number of hydrogen-bond donors (Lipinski definition) is 1. The van der Waals surface area contributed by atoms with Gasteiger partial charge in [0.2, 0.25) is 0 Å². The third-order valence-electron chi connectivity index (χ3n) is 6.74. The second-order valence-electron chi connectivity index (χ2n) is 7.16. The van der Waals surface area contributed by atoms with E-state index in [9.17, 15) is 5.11 Å². The molecule has 3 fully saturated rings. The Hall–Kier alpha value is -0.570. The number of aliphatic hydroxyl groups excluding tert-OH is 1. The highest BCUT2D eigenvalue weighted by molar-refractivity contribution is 5.85. The van der Waals surface area contributed by atoms with E-state index >= 15 is 0 Å². The predicted molar refractivity (Wildman–Crippen MR) is 88.0 cm³/mol. The van der Waals surface area contributed by atoms with Crippen molar-refractivity contribution in [3.05, 3.63) is 35.4 Å². The minimum atomic E-state index is 0.